The van der Waals surface area contributed by atoms with Crippen LogP contribution in [0, 0.1) is 11.8 Å². The highest BCUT2D eigenvalue weighted by Gasteiger charge is 2.30. The van der Waals surface area contributed by atoms with E-state index in [-0.39, 0.29) is 29.8 Å². The van der Waals surface area contributed by atoms with Crippen LogP contribution in [0.25, 0.3) is 11.0 Å². The van der Waals surface area contributed by atoms with Gasteiger partial charge in [0, 0.05) is 26.7 Å². The van der Waals surface area contributed by atoms with Crippen LogP contribution >= 0.6 is 0 Å². The number of hydrogen-bond donors (Lipinski definition) is 1. The molecule has 9 heteroatoms. The third-order valence-electron chi connectivity index (χ3n) is 5.43. The molecule has 1 aliphatic heterocycles. The summed E-state index contributed by atoms with van der Waals surface area (Å²) < 4.78 is 2.83. The molecule has 1 saturated carbocycles. The van der Waals surface area contributed by atoms with Crippen molar-refractivity contribution in [2.24, 2.45) is 18.9 Å². The Bertz CT molecular complexity index is 929. The van der Waals surface area contributed by atoms with Crippen LogP contribution in [0.5, 0.6) is 0 Å². The van der Waals surface area contributed by atoms with Crippen molar-refractivity contribution in [3.8, 4) is 0 Å². The van der Waals surface area contributed by atoms with Crippen LogP contribution in [0.4, 0.5) is 0 Å². The molecule has 1 N–H and O–H groups in total. The first-order chi connectivity index (χ1) is 13.0. The monoisotopic (exact) mass is 372 g/mol. The molecule has 27 heavy (non-hydrogen) atoms. The summed E-state index contributed by atoms with van der Waals surface area (Å²) >= 11 is 0. The van der Waals surface area contributed by atoms with Gasteiger partial charge in [-0.1, -0.05) is 0 Å². The second kappa shape index (κ2) is 7.13. The Morgan fingerprint density at radius 3 is 2.89 bits per heavy atom. The summed E-state index contributed by atoms with van der Waals surface area (Å²) in [6, 6.07) is 0. The Balaban J connectivity index is 1.40. The van der Waals surface area contributed by atoms with E-state index in [1.807, 2.05) is 0 Å². The largest absolute Gasteiger partial charge is 0.356 e. The molecular weight excluding hydrogens is 348 g/mol. The normalized spacial score (nSPS) is 20.0. The Hall–Kier alpha value is -2.71. The highest BCUT2D eigenvalue weighted by Crippen LogP contribution is 2.28. The summed E-state index contributed by atoms with van der Waals surface area (Å²) in [6.45, 7) is 1.69. The average Bonchev–Trinajstić information content (AvgIpc) is 3.43. The Morgan fingerprint density at radius 1 is 1.30 bits per heavy atom. The minimum atomic E-state index is -0.280. The van der Waals surface area contributed by atoms with Gasteiger partial charge in [0.05, 0.1) is 12.1 Å². The van der Waals surface area contributed by atoms with E-state index in [9.17, 15) is 14.4 Å². The number of nitrogens with zero attached hydrogens (tertiary/aromatic N) is 5. The number of aryl methyl sites for hydroxylation is 1. The molecule has 1 aliphatic carbocycles. The molecule has 1 atom stereocenters. The minimum Gasteiger partial charge on any atom is -0.356 e. The fourth-order valence-corrected chi connectivity index (χ4v) is 3.55. The smallest absolute Gasteiger partial charge is 0.264 e. The van der Waals surface area contributed by atoms with E-state index in [0.29, 0.717) is 30.0 Å². The van der Waals surface area contributed by atoms with Crippen molar-refractivity contribution in [2.75, 3.05) is 19.6 Å². The summed E-state index contributed by atoms with van der Waals surface area (Å²) in [7, 11) is 1.71. The molecule has 144 valence electrons. The minimum absolute atomic E-state index is 0.0370. The van der Waals surface area contributed by atoms with Gasteiger partial charge in [0.1, 0.15) is 18.3 Å². The van der Waals surface area contributed by atoms with E-state index in [1.54, 1.807) is 11.9 Å². The van der Waals surface area contributed by atoms with Gasteiger partial charge in [-0.2, -0.15) is 5.10 Å². The van der Waals surface area contributed by atoms with Crippen molar-refractivity contribution in [3.63, 3.8) is 0 Å². The summed E-state index contributed by atoms with van der Waals surface area (Å²) in [5.74, 6) is 0.339. The molecule has 1 saturated heterocycles. The number of fused-ring (bicyclic) bond motifs is 1. The van der Waals surface area contributed by atoms with Crippen molar-refractivity contribution in [1.82, 2.24) is 29.5 Å². The maximum atomic E-state index is 12.7. The number of likely N-dealkylation sites (tertiary alicyclic amines) is 1. The zero-order valence-electron chi connectivity index (χ0n) is 15.4. The lowest BCUT2D eigenvalue weighted by Gasteiger charge is -2.32. The van der Waals surface area contributed by atoms with Crippen molar-refractivity contribution in [2.45, 2.75) is 32.2 Å². The van der Waals surface area contributed by atoms with Crippen molar-refractivity contribution >= 4 is 22.8 Å². The first kappa shape index (κ1) is 17.7. The molecule has 2 aromatic heterocycles. The number of carbonyl (C=O) groups is 2. The number of nitrogens with one attached hydrogen (secondary N) is 1. The van der Waals surface area contributed by atoms with Gasteiger partial charge in [-0.05, 0) is 31.6 Å². The third kappa shape index (κ3) is 3.72. The molecule has 4 rings (SSSR count). The Labute approximate surface area is 156 Å². The molecule has 2 amide bonds. The number of hydrogen-bond acceptors (Lipinski definition) is 5. The van der Waals surface area contributed by atoms with Crippen molar-refractivity contribution < 1.29 is 9.59 Å². The summed E-state index contributed by atoms with van der Waals surface area (Å²) in [5, 5.41) is 7.43. The van der Waals surface area contributed by atoms with Gasteiger partial charge in [0.15, 0.2) is 5.65 Å². The summed E-state index contributed by atoms with van der Waals surface area (Å²) in [5.41, 5.74) is 0.214. The second-order valence-corrected chi connectivity index (χ2v) is 7.55. The lowest BCUT2D eigenvalue weighted by molar-refractivity contribution is -0.136. The average molecular weight is 372 g/mol. The van der Waals surface area contributed by atoms with Gasteiger partial charge in [-0.15, -0.1) is 0 Å². The van der Waals surface area contributed by atoms with Crippen LogP contribution < -0.4 is 10.9 Å². The van der Waals surface area contributed by atoms with Crippen molar-refractivity contribution in [1.29, 1.82) is 0 Å². The molecule has 0 spiro atoms. The molecule has 0 bridgehead atoms. The predicted octanol–water partition coefficient (Wildman–Crippen LogP) is -0.105. The van der Waals surface area contributed by atoms with Crippen LogP contribution in [0.3, 0.4) is 0 Å². The molecule has 3 heterocycles. The van der Waals surface area contributed by atoms with Gasteiger partial charge >= 0.3 is 0 Å². The van der Waals surface area contributed by atoms with Gasteiger partial charge in [0.2, 0.25) is 11.8 Å². The molecule has 2 aliphatic rings. The van der Waals surface area contributed by atoms with Crippen LogP contribution in [0.2, 0.25) is 0 Å². The third-order valence-corrected chi connectivity index (χ3v) is 5.43. The van der Waals surface area contributed by atoms with Crippen LogP contribution in [0.15, 0.2) is 17.3 Å². The van der Waals surface area contributed by atoms with Gasteiger partial charge in [-0.3, -0.25) is 23.6 Å². The quantitative estimate of drug-likeness (QED) is 0.789. The van der Waals surface area contributed by atoms with Gasteiger partial charge in [0.25, 0.3) is 5.56 Å². The van der Waals surface area contributed by atoms with Crippen LogP contribution in [-0.2, 0) is 23.2 Å². The molecule has 9 nitrogen and oxygen atoms in total. The van der Waals surface area contributed by atoms with E-state index in [0.717, 1.165) is 19.4 Å². The molecule has 0 radical (unpaired) electrons. The number of amides is 2. The standard InChI is InChI=1S/C18H24N6O3/c1-22-16-14(8-21-22)18(27)24(11-20-16)10-15(25)23-6-2-3-13(9-23)17(26)19-7-12-4-5-12/h8,11-13H,2-7,9-10H2,1H3,(H,19,26)/t13-/m1/s1. The Kier molecular flexibility index (Phi) is 4.67. The fourth-order valence-electron chi connectivity index (χ4n) is 3.55. The van der Waals surface area contributed by atoms with E-state index in [1.165, 1.54) is 34.6 Å². The second-order valence-electron chi connectivity index (χ2n) is 7.55. The molecule has 2 fully saturated rings. The summed E-state index contributed by atoms with van der Waals surface area (Å²) in [4.78, 5) is 43.5. The number of rotatable bonds is 5. The summed E-state index contributed by atoms with van der Waals surface area (Å²) in [6.07, 6.45) is 6.82. The number of piperidine rings is 1. The fraction of sp³-hybridized carbons (Fsp3) is 0.611. The van der Waals surface area contributed by atoms with Crippen LogP contribution in [-0.4, -0.2) is 55.7 Å². The van der Waals surface area contributed by atoms with E-state index in [2.05, 4.69) is 15.4 Å². The number of aromatic nitrogens is 4. The maximum absolute atomic E-state index is 12.7. The lowest BCUT2D eigenvalue weighted by atomic mass is 9.97. The van der Waals surface area contributed by atoms with Gasteiger partial charge in [-0.25, -0.2) is 4.98 Å². The molecular formula is C18H24N6O3. The molecule has 0 unspecified atom stereocenters. The predicted molar refractivity (Wildman–Crippen MR) is 97.8 cm³/mol. The SMILES string of the molecule is Cn1ncc2c(=O)n(CC(=O)N3CCC[C@@H](C(=O)NCC4CC4)C3)cnc21. The van der Waals surface area contributed by atoms with E-state index >= 15 is 0 Å². The van der Waals surface area contributed by atoms with Gasteiger partial charge < -0.3 is 10.2 Å². The van der Waals surface area contributed by atoms with E-state index < -0.39 is 0 Å². The zero-order chi connectivity index (χ0) is 19.0. The Morgan fingerprint density at radius 2 is 2.11 bits per heavy atom. The van der Waals surface area contributed by atoms with E-state index in [4.69, 9.17) is 0 Å². The first-order valence-electron chi connectivity index (χ1n) is 9.45. The zero-order valence-corrected chi connectivity index (χ0v) is 15.4. The maximum Gasteiger partial charge on any atom is 0.264 e. The number of carbonyl (C=O) groups excluding carboxylic acids is 2. The molecule has 2 aromatic rings. The lowest BCUT2D eigenvalue weighted by Crippen LogP contribution is -2.47. The topological polar surface area (TPSA) is 102 Å². The highest BCUT2D eigenvalue weighted by molar-refractivity contribution is 5.81. The van der Waals surface area contributed by atoms with Crippen LogP contribution in [0.1, 0.15) is 25.7 Å². The first-order valence-corrected chi connectivity index (χ1v) is 9.45. The molecule has 0 aromatic carbocycles. The van der Waals surface area contributed by atoms with Crippen molar-refractivity contribution in [3.05, 3.63) is 22.9 Å². The highest BCUT2D eigenvalue weighted by atomic mass is 16.2.